The second-order valence-electron chi connectivity index (χ2n) is 5.46. The fourth-order valence-electron chi connectivity index (χ4n) is 3.09. The van der Waals surface area contributed by atoms with Crippen LogP contribution in [0.1, 0.15) is 18.0 Å². The number of methoxy groups -OCH3 is 3. The van der Waals surface area contributed by atoms with E-state index in [0.717, 1.165) is 43.2 Å². The van der Waals surface area contributed by atoms with E-state index in [2.05, 4.69) is 4.90 Å². The molecule has 1 aromatic rings. The second kappa shape index (κ2) is 7.64. The standard InChI is InChI=1S/C16H26N2O3/c1-19-11-12-6-7-18(10-12)15(9-17)14-8-13(20-2)4-5-16(14)21-3/h4-5,8,12,15H,6-7,9-11,17H2,1-3H3. The Hall–Kier alpha value is -1.30. The van der Waals surface area contributed by atoms with Crippen LogP contribution in [0.2, 0.25) is 0 Å². The summed E-state index contributed by atoms with van der Waals surface area (Å²) in [4.78, 5) is 2.42. The fourth-order valence-corrected chi connectivity index (χ4v) is 3.09. The Morgan fingerprint density at radius 3 is 2.71 bits per heavy atom. The highest BCUT2D eigenvalue weighted by Gasteiger charge is 2.30. The summed E-state index contributed by atoms with van der Waals surface area (Å²) in [6.07, 6.45) is 1.15. The Labute approximate surface area is 127 Å². The van der Waals surface area contributed by atoms with Crippen LogP contribution in [-0.4, -0.2) is 52.5 Å². The number of ether oxygens (including phenoxy) is 3. The first-order valence-corrected chi connectivity index (χ1v) is 7.38. The number of benzene rings is 1. The molecule has 1 aliphatic heterocycles. The zero-order valence-corrected chi connectivity index (χ0v) is 13.2. The third-order valence-corrected chi connectivity index (χ3v) is 4.18. The van der Waals surface area contributed by atoms with Gasteiger partial charge in [-0.3, -0.25) is 4.90 Å². The minimum absolute atomic E-state index is 0.150. The number of nitrogens with zero attached hydrogens (tertiary/aromatic N) is 1. The lowest BCUT2D eigenvalue weighted by atomic mass is 10.0. The van der Waals surface area contributed by atoms with Crippen molar-refractivity contribution in [2.75, 3.05) is 47.6 Å². The summed E-state index contributed by atoms with van der Waals surface area (Å²) in [5, 5.41) is 0. The van der Waals surface area contributed by atoms with Gasteiger partial charge in [0.2, 0.25) is 0 Å². The first kappa shape index (κ1) is 16.1. The predicted molar refractivity (Wildman–Crippen MR) is 82.9 cm³/mol. The normalized spacial score (nSPS) is 20.5. The maximum Gasteiger partial charge on any atom is 0.123 e. The Kier molecular flexibility index (Phi) is 5.85. The first-order chi connectivity index (χ1) is 10.2. The molecule has 2 atom stereocenters. The van der Waals surface area contributed by atoms with E-state index in [1.807, 2.05) is 18.2 Å². The number of likely N-dealkylation sites (tertiary alicyclic amines) is 1. The van der Waals surface area contributed by atoms with Crippen molar-refractivity contribution in [2.24, 2.45) is 11.7 Å². The fraction of sp³-hybridized carbons (Fsp3) is 0.625. The van der Waals surface area contributed by atoms with Gasteiger partial charge in [-0.2, -0.15) is 0 Å². The lowest BCUT2D eigenvalue weighted by molar-refractivity contribution is 0.147. The molecule has 0 amide bonds. The number of nitrogens with two attached hydrogens (primary N) is 1. The zero-order chi connectivity index (χ0) is 15.2. The average molecular weight is 294 g/mol. The van der Waals surface area contributed by atoms with E-state index >= 15 is 0 Å². The maximum atomic E-state index is 6.05. The van der Waals surface area contributed by atoms with Crippen molar-refractivity contribution in [1.82, 2.24) is 4.90 Å². The van der Waals surface area contributed by atoms with Gasteiger partial charge in [0.1, 0.15) is 11.5 Å². The topological polar surface area (TPSA) is 57.0 Å². The predicted octanol–water partition coefficient (Wildman–Crippen LogP) is 1.67. The van der Waals surface area contributed by atoms with Crippen molar-refractivity contribution in [2.45, 2.75) is 12.5 Å². The van der Waals surface area contributed by atoms with Gasteiger partial charge >= 0.3 is 0 Å². The van der Waals surface area contributed by atoms with Gasteiger partial charge in [-0.25, -0.2) is 0 Å². The minimum Gasteiger partial charge on any atom is -0.497 e. The highest BCUT2D eigenvalue weighted by atomic mass is 16.5. The summed E-state index contributed by atoms with van der Waals surface area (Å²) >= 11 is 0. The van der Waals surface area contributed by atoms with Crippen LogP contribution in [0, 0.1) is 5.92 Å². The molecule has 0 bridgehead atoms. The number of hydrogen-bond donors (Lipinski definition) is 1. The molecule has 1 aliphatic rings. The van der Waals surface area contributed by atoms with E-state index in [4.69, 9.17) is 19.9 Å². The molecule has 1 saturated heterocycles. The second-order valence-corrected chi connectivity index (χ2v) is 5.46. The van der Waals surface area contributed by atoms with Crippen molar-refractivity contribution in [3.05, 3.63) is 23.8 Å². The van der Waals surface area contributed by atoms with Crippen molar-refractivity contribution >= 4 is 0 Å². The lowest BCUT2D eigenvalue weighted by Gasteiger charge is -2.28. The monoisotopic (exact) mass is 294 g/mol. The molecule has 21 heavy (non-hydrogen) atoms. The Balaban J connectivity index is 2.21. The molecule has 1 fully saturated rings. The van der Waals surface area contributed by atoms with Crippen LogP contribution in [0.15, 0.2) is 18.2 Å². The van der Waals surface area contributed by atoms with E-state index in [9.17, 15) is 0 Å². The van der Waals surface area contributed by atoms with Gasteiger partial charge < -0.3 is 19.9 Å². The summed E-state index contributed by atoms with van der Waals surface area (Å²) in [7, 11) is 5.12. The average Bonchev–Trinajstić information content (AvgIpc) is 2.96. The van der Waals surface area contributed by atoms with Crippen LogP contribution >= 0.6 is 0 Å². The summed E-state index contributed by atoms with van der Waals surface area (Å²) in [5.74, 6) is 2.28. The minimum atomic E-state index is 0.150. The van der Waals surface area contributed by atoms with Crippen LogP contribution < -0.4 is 15.2 Å². The van der Waals surface area contributed by atoms with Crippen molar-refractivity contribution in [3.8, 4) is 11.5 Å². The van der Waals surface area contributed by atoms with Gasteiger partial charge in [-0.05, 0) is 37.1 Å². The molecule has 0 spiro atoms. The molecular weight excluding hydrogens is 268 g/mol. The Bertz CT molecular complexity index is 453. The molecule has 118 valence electrons. The van der Waals surface area contributed by atoms with Crippen molar-refractivity contribution in [1.29, 1.82) is 0 Å². The number of hydrogen-bond acceptors (Lipinski definition) is 5. The Morgan fingerprint density at radius 1 is 1.29 bits per heavy atom. The molecule has 1 heterocycles. The molecule has 2 N–H and O–H groups in total. The molecule has 5 nitrogen and oxygen atoms in total. The van der Waals surface area contributed by atoms with Gasteiger partial charge in [0, 0.05) is 25.8 Å². The SMILES string of the molecule is COCC1CCN(C(CN)c2cc(OC)ccc2OC)C1. The van der Waals surface area contributed by atoms with Gasteiger partial charge in [-0.15, -0.1) is 0 Å². The van der Waals surface area contributed by atoms with E-state index in [1.54, 1.807) is 21.3 Å². The third kappa shape index (κ3) is 3.67. The van der Waals surface area contributed by atoms with Crippen molar-refractivity contribution < 1.29 is 14.2 Å². The van der Waals surface area contributed by atoms with Crippen LogP contribution in [0.3, 0.4) is 0 Å². The highest BCUT2D eigenvalue weighted by Crippen LogP contribution is 2.34. The van der Waals surface area contributed by atoms with Crippen LogP contribution in [0.25, 0.3) is 0 Å². The van der Waals surface area contributed by atoms with E-state index in [-0.39, 0.29) is 6.04 Å². The smallest absolute Gasteiger partial charge is 0.123 e. The summed E-state index contributed by atoms with van der Waals surface area (Å²) in [6, 6.07) is 6.03. The van der Waals surface area contributed by atoms with Crippen LogP contribution in [-0.2, 0) is 4.74 Å². The molecule has 2 rings (SSSR count). The van der Waals surface area contributed by atoms with Gasteiger partial charge in [0.25, 0.3) is 0 Å². The molecule has 1 aromatic carbocycles. The third-order valence-electron chi connectivity index (χ3n) is 4.18. The molecule has 0 saturated carbocycles. The highest BCUT2D eigenvalue weighted by molar-refractivity contribution is 5.42. The van der Waals surface area contributed by atoms with E-state index < -0.39 is 0 Å². The quantitative estimate of drug-likeness (QED) is 0.829. The summed E-state index contributed by atoms with van der Waals surface area (Å²) in [6.45, 7) is 3.42. The van der Waals surface area contributed by atoms with E-state index in [0.29, 0.717) is 12.5 Å². The van der Waals surface area contributed by atoms with Crippen LogP contribution in [0.4, 0.5) is 0 Å². The van der Waals surface area contributed by atoms with Gasteiger partial charge in [-0.1, -0.05) is 0 Å². The molecule has 0 aromatic heterocycles. The molecule has 0 radical (unpaired) electrons. The molecular formula is C16H26N2O3. The van der Waals surface area contributed by atoms with Gasteiger partial charge in [0.05, 0.1) is 26.9 Å². The largest absolute Gasteiger partial charge is 0.497 e. The summed E-state index contributed by atoms with van der Waals surface area (Å²) in [5.41, 5.74) is 7.14. The maximum absolute atomic E-state index is 6.05. The van der Waals surface area contributed by atoms with E-state index in [1.165, 1.54) is 0 Å². The summed E-state index contributed by atoms with van der Waals surface area (Å²) < 4.78 is 16.1. The zero-order valence-electron chi connectivity index (χ0n) is 13.2. The van der Waals surface area contributed by atoms with Gasteiger partial charge in [0.15, 0.2) is 0 Å². The Morgan fingerprint density at radius 2 is 2.10 bits per heavy atom. The first-order valence-electron chi connectivity index (χ1n) is 7.38. The van der Waals surface area contributed by atoms with Crippen LogP contribution in [0.5, 0.6) is 11.5 Å². The molecule has 2 unspecified atom stereocenters. The molecule has 5 heteroatoms. The van der Waals surface area contributed by atoms with Crippen molar-refractivity contribution in [3.63, 3.8) is 0 Å². The number of rotatable bonds is 7. The lowest BCUT2D eigenvalue weighted by Crippen LogP contribution is -2.32. The molecule has 0 aliphatic carbocycles.